The van der Waals surface area contributed by atoms with Crippen LogP contribution < -0.4 is 10.6 Å². The van der Waals surface area contributed by atoms with Gasteiger partial charge in [-0.1, -0.05) is 5.16 Å². The van der Waals surface area contributed by atoms with Crippen molar-refractivity contribution in [3.63, 3.8) is 0 Å². The molecule has 0 bridgehead atoms. The van der Waals surface area contributed by atoms with E-state index in [9.17, 15) is 0 Å². The van der Waals surface area contributed by atoms with E-state index in [-0.39, 0.29) is 0 Å². The first kappa shape index (κ1) is 10.6. The van der Waals surface area contributed by atoms with Gasteiger partial charge in [0.1, 0.15) is 0 Å². The average molecular weight is 210 g/mol. The Morgan fingerprint density at radius 2 is 2.53 bits per heavy atom. The van der Waals surface area contributed by atoms with Gasteiger partial charge < -0.3 is 15.2 Å². The Morgan fingerprint density at radius 3 is 3.20 bits per heavy atom. The van der Waals surface area contributed by atoms with Crippen LogP contribution in [0.4, 0.5) is 0 Å². The van der Waals surface area contributed by atoms with E-state index in [1.54, 1.807) is 0 Å². The Kier molecular flexibility index (Phi) is 3.69. The van der Waals surface area contributed by atoms with Crippen molar-refractivity contribution in [3.8, 4) is 0 Å². The Labute approximate surface area is 89.6 Å². The minimum Gasteiger partial charge on any atom is -0.340 e. The zero-order chi connectivity index (χ0) is 10.5. The number of aryl methyl sites for hydroxylation is 1. The summed E-state index contributed by atoms with van der Waals surface area (Å²) < 4.78 is 4.89. The maximum absolute atomic E-state index is 4.89. The van der Waals surface area contributed by atoms with Crippen LogP contribution in [0.5, 0.6) is 0 Å². The monoisotopic (exact) mass is 210 g/mol. The fourth-order valence-electron chi connectivity index (χ4n) is 1.85. The molecule has 1 aromatic heterocycles. The molecule has 2 N–H and O–H groups in total. The second kappa shape index (κ2) is 5.23. The number of aromatic nitrogens is 2. The molecule has 1 fully saturated rings. The summed E-state index contributed by atoms with van der Waals surface area (Å²) in [7, 11) is 0. The van der Waals surface area contributed by atoms with E-state index in [0.29, 0.717) is 11.9 Å². The van der Waals surface area contributed by atoms with Crippen LogP contribution in [0.15, 0.2) is 4.52 Å². The zero-order valence-electron chi connectivity index (χ0n) is 9.12. The number of hydrogen-bond acceptors (Lipinski definition) is 5. The molecule has 84 valence electrons. The molecule has 5 heteroatoms. The average Bonchev–Trinajstić information content (AvgIpc) is 2.84. The van der Waals surface area contributed by atoms with Crippen LogP contribution in [-0.4, -0.2) is 35.8 Å². The second-order valence-corrected chi connectivity index (χ2v) is 3.98. The minimum absolute atomic E-state index is 0.641. The molecular weight excluding hydrogens is 192 g/mol. The summed E-state index contributed by atoms with van der Waals surface area (Å²) in [4.78, 5) is 4.15. The topological polar surface area (TPSA) is 63.0 Å². The van der Waals surface area contributed by atoms with Gasteiger partial charge in [0.2, 0.25) is 5.89 Å². The maximum atomic E-state index is 4.89. The molecule has 1 aliphatic heterocycles. The highest BCUT2D eigenvalue weighted by molar-refractivity contribution is 4.85. The lowest BCUT2D eigenvalue weighted by atomic mass is 10.2. The van der Waals surface area contributed by atoms with Crippen molar-refractivity contribution in [1.82, 2.24) is 20.8 Å². The highest BCUT2D eigenvalue weighted by Crippen LogP contribution is 2.03. The molecule has 5 nitrogen and oxygen atoms in total. The quantitative estimate of drug-likeness (QED) is 0.683. The van der Waals surface area contributed by atoms with Gasteiger partial charge >= 0.3 is 0 Å². The lowest BCUT2D eigenvalue weighted by Gasteiger charge is -2.10. The Balaban J connectivity index is 1.58. The summed E-state index contributed by atoms with van der Waals surface area (Å²) in [6.07, 6.45) is 3.43. The first-order valence-corrected chi connectivity index (χ1v) is 5.58. The van der Waals surface area contributed by atoms with E-state index >= 15 is 0 Å². The molecule has 0 aliphatic carbocycles. The smallest absolute Gasteiger partial charge is 0.223 e. The lowest BCUT2D eigenvalue weighted by molar-refractivity contribution is 0.386. The predicted octanol–water partition coefficient (Wildman–Crippen LogP) is 0.262. The third kappa shape index (κ3) is 3.28. The van der Waals surface area contributed by atoms with Gasteiger partial charge in [0.15, 0.2) is 5.82 Å². The standard InChI is InChI=1S/C10H18N4O/c1-8-13-10(14-15-8)4-6-11-7-9-3-2-5-12-9/h9,11-12H,2-7H2,1H3. The number of nitrogens with zero attached hydrogens (tertiary/aromatic N) is 2. The molecule has 0 amide bonds. The molecule has 2 heterocycles. The Bertz CT molecular complexity index is 293. The molecular formula is C10H18N4O. The molecule has 1 atom stereocenters. The van der Waals surface area contributed by atoms with E-state index in [1.165, 1.54) is 12.8 Å². The van der Waals surface area contributed by atoms with Gasteiger partial charge in [-0.2, -0.15) is 4.98 Å². The number of nitrogens with one attached hydrogen (secondary N) is 2. The molecule has 1 unspecified atom stereocenters. The van der Waals surface area contributed by atoms with Crippen LogP contribution in [0, 0.1) is 6.92 Å². The van der Waals surface area contributed by atoms with Crippen molar-refractivity contribution in [2.75, 3.05) is 19.6 Å². The van der Waals surface area contributed by atoms with Crippen molar-refractivity contribution in [1.29, 1.82) is 0 Å². The second-order valence-electron chi connectivity index (χ2n) is 3.98. The van der Waals surface area contributed by atoms with E-state index in [0.717, 1.165) is 31.9 Å². The van der Waals surface area contributed by atoms with Gasteiger partial charge in [0.05, 0.1) is 0 Å². The molecule has 1 aliphatic rings. The van der Waals surface area contributed by atoms with Gasteiger partial charge in [0, 0.05) is 32.5 Å². The molecule has 0 radical (unpaired) electrons. The van der Waals surface area contributed by atoms with E-state index in [1.807, 2.05) is 6.92 Å². The van der Waals surface area contributed by atoms with Crippen LogP contribution in [0.25, 0.3) is 0 Å². The number of hydrogen-bond donors (Lipinski definition) is 2. The van der Waals surface area contributed by atoms with Crippen LogP contribution in [0.1, 0.15) is 24.6 Å². The Hall–Kier alpha value is -0.940. The molecule has 0 saturated carbocycles. The number of rotatable bonds is 5. The molecule has 2 rings (SSSR count). The minimum atomic E-state index is 0.641. The van der Waals surface area contributed by atoms with Crippen LogP contribution in [-0.2, 0) is 6.42 Å². The van der Waals surface area contributed by atoms with E-state index in [4.69, 9.17) is 4.52 Å². The third-order valence-electron chi connectivity index (χ3n) is 2.65. The van der Waals surface area contributed by atoms with E-state index in [2.05, 4.69) is 20.8 Å². The SMILES string of the molecule is Cc1nc(CCNCC2CCCN2)no1. The van der Waals surface area contributed by atoms with Gasteiger partial charge in [0.25, 0.3) is 0 Å². The fourth-order valence-corrected chi connectivity index (χ4v) is 1.85. The highest BCUT2D eigenvalue weighted by Gasteiger charge is 2.12. The van der Waals surface area contributed by atoms with Crippen molar-refractivity contribution in [2.24, 2.45) is 0 Å². The first-order valence-electron chi connectivity index (χ1n) is 5.58. The predicted molar refractivity (Wildman–Crippen MR) is 56.6 cm³/mol. The van der Waals surface area contributed by atoms with Crippen molar-refractivity contribution >= 4 is 0 Å². The summed E-state index contributed by atoms with van der Waals surface area (Å²) in [6, 6.07) is 0.650. The van der Waals surface area contributed by atoms with Crippen molar-refractivity contribution < 1.29 is 4.52 Å². The lowest BCUT2D eigenvalue weighted by Crippen LogP contribution is -2.34. The van der Waals surface area contributed by atoms with E-state index < -0.39 is 0 Å². The fraction of sp³-hybridized carbons (Fsp3) is 0.800. The van der Waals surface area contributed by atoms with Crippen molar-refractivity contribution in [3.05, 3.63) is 11.7 Å². The molecule has 15 heavy (non-hydrogen) atoms. The molecule has 1 saturated heterocycles. The summed E-state index contributed by atoms with van der Waals surface area (Å²) in [5.74, 6) is 1.43. The first-order chi connectivity index (χ1) is 7.34. The molecule has 0 spiro atoms. The summed E-state index contributed by atoms with van der Waals surface area (Å²) in [6.45, 7) is 4.93. The Morgan fingerprint density at radius 1 is 1.60 bits per heavy atom. The van der Waals surface area contributed by atoms with Gasteiger partial charge in [-0.15, -0.1) is 0 Å². The highest BCUT2D eigenvalue weighted by atomic mass is 16.5. The van der Waals surface area contributed by atoms with Gasteiger partial charge in [-0.3, -0.25) is 0 Å². The molecule has 0 aromatic carbocycles. The van der Waals surface area contributed by atoms with Crippen LogP contribution in [0.2, 0.25) is 0 Å². The van der Waals surface area contributed by atoms with Crippen LogP contribution >= 0.6 is 0 Å². The van der Waals surface area contributed by atoms with Gasteiger partial charge in [-0.05, 0) is 19.4 Å². The zero-order valence-corrected chi connectivity index (χ0v) is 9.12. The third-order valence-corrected chi connectivity index (χ3v) is 2.65. The molecule has 1 aromatic rings. The summed E-state index contributed by atoms with van der Waals surface area (Å²) in [5, 5.41) is 10.7. The van der Waals surface area contributed by atoms with Crippen molar-refractivity contribution in [2.45, 2.75) is 32.2 Å². The summed E-state index contributed by atoms with van der Waals surface area (Å²) >= 11 is 0. The normalized spacial score (nSPS) is 21.0. The van der Waals surface area contributed by atoms with Crippen LogP contribution in [0.3, 0.4) is 0 Å². The largest absolute Gasteiger partial charge is 0.340 e. The summed E-state index contributed by atoms with van der Waals surface area (Å²) in [5.41, 5.74) is 0. The maximum Gasteiger partial charge on any atom is 0.223 e. The van der Waals surface area contributed by atoms with Gasteiger partial charge in [-0.25, -0.2) is 0 Å².